The lowest BCUT2D eigenvalue weighted by molar-refractivity contribution is 0.245. The first-order valence-corrected chi connectivity index (χ1v) is 9.45. The van der Waals surface area contributed by atoms with E-state index >= 15 is 0 Å². The zero-order valence-corrected chi connectivity index (χ0v) is 14.6. The van der Waals surface area contributed by atoms with Crippen molar-refractivity contribution in [1.29, 1.82) is 0 Å². The second-order valence-electron chi connectivity index (χ2n) is 6.70. The van der Waals surface area contributed by atoms with Crippen LogP contribution in [0.2, 0.25) is 0 Å². The fraction of sp³-hybridized carbons (Fsp3) is 0.647. The van der Waals surface area contributed by atoms with Gasteiger partial charge in [0.25, 0.3) is 5.89 Å². The van der Waals surface area contributed by atoms with E-state index in [9.17, 15) is 0 Å². The predicted molar refractivity (Wildman–Crippen MR) is 91.6 cm³/mol. The summed E-state index contributed by atoms with van der Waals surface area (Å²) in [6, 6.07) is 2.26. The lowest BCUT2D eigenvalue weighted by atomic mass is 9.99. The molecule has 0 spiro atoms. The molecule has 23 heavy (non-hydrogen) atoms. The van der Waals surface area contributed by atoms with Gasteiger partial charge in [-0.3, -0.25) is 4.90 Å². The smallest absolute Gasteiger partial charge is 0.257 e. The zero-order valence-electron chi connectivity index (χ0n) is 13.8. The number of hydrogen-bond donors (Lipinski definition) is 0. The first kappa shape index (κ1) is 15.3. The largest absolute Gasteiger partial charge is 0.419 e. The number of aromatic nitrogens is 2. The summed E-state index contributed by atoms with van der Waals surface area (Å²) in [5, 5.41) is 8.57. The van der Waals surface area contributed by atoms with Crippen molar-refractivity contribution in [2.24, 2.45) is 0 Å². The molecule has 0 bridgehead atoms. The van der Waals surface area contributed by atoms with E-state index in [1.807, 2.05) is 11.3 Å². The van der Waals surface area contributed by atoms with Crippen molar-refractivity contribution in [3.8, 4) is 10.8 Å². The van der Waals surface area contributed by atoms with Crippen LogP contribution >= 0.6 is 11.3 Å². The molecular formula is C17H24N4OS. The molecule has 0 amide bonds. The lowest BCUT2D eigenvalue weighted by Crippen LogP contribution is -2.28. The SMILES string of the molecule is CN1CCCN(Cc2nnc(-c3cc4c(s3)CCCC4)o2)CC1. The van der Waals surface area contributed by atoms with Crippen molar-refractivity contribution < 1.29 is 4.42 Å². The van der Waals surface area contributed by atoms with E-state index in [0.717, 1.165) is 36.9 Å². The Hall–Kier alpha value is -1.24. The van der Waals surface area contributed by atoms with Crippen molar-refractivity contribution in [1.82, 2.24) is 20.0 Å². The van der Waals surface area contributed by atoms with Crippen LogP contribution < -0.4 is 0 Å². The Morgan fingerprint density at radius 3 is 2.91 bits per heavy atom. The molecule has 5 nitrogen and oxygen atoms in total. The minimum atomic E-state index is 0.700. The summed E-state index contributed by atoms with van der Waals surface area (Å²) in [6.07, 6.45) is 6.23. The van der Waals surface area contributed by atoms with E-state index in [0.29, 0.717) is 5.89 Å². The molecule has 0 N–H and O–H groups in total. The van der Waals surface area contributed by atoms with Gasteiger partial charge in [-0.05, 0) is 63.9 Å². The Bertz CT molecular complexity index is 642. The fourth-order valence-electron chi connectivity index (χ4n) is 3.46. The van der Waals surface area contributed by atoms with E-state index in [1.165, 1.54) is 49.1 Å². The zero-order chi connectivity index (χ0) is 15.6. The molecule has 0 unspecified atom stereocenters. The molecule has 1 fully saturated rings. The number of aryl methyl sites for hydroxylation is 2. The Labute approximate surface area is 141 Å². The maximum atomic E-state index is 5.95. The van der Waals surface area contributed by atoms with Crippen LogP contribution in [-0.2, 0) is 19.4 Å². The van der Waals surface area contributed by atoms with Crippen molar-refractivity contribution in [3.63, 3.8) is 0 Å². The average Bonchev–Trinajstić information content (AvgIpc) is 3.13. The molecule has 3 heterocycles. The number of thiophene rings is 1. The quantitative estimate of drug-likeness (QED) is 0.865. The Kier molecular flexibility index (Phi) is 4.46. The maximum absolute atomic E-state index is 5.95. The van der Waals surface area contributed by atoms with E-state index in [4.69, 9.17) is 4.42 Å². The Balaban J connectivity index is 1.45. The van der Waals surface area contributed by atoms with E-state index < -0.39 is 0 Å². The molecule has 1 aliphatic heterocycles. The van der Waals surface area contributed by atoms with E-state index in [2.05, 4.69) is 33.1 Å². The molecule has 2 aliphatic rings. The highest BCUT2D eigenvalue weighted by atomic mass is 32.1. The van der Waals surface area contributed by atoms with Crippen molar-refractivity contribution in [3.05, 3.63) is 22.4 Å². The third kappa shape index (κ3) is 3.49. The van der Waals surface area contributed by atoms with Gasteiger partial charge in [-0.25, -0.2) is 0 Å². The van der Waals surface area contributed by atoms with Crippen molar-refractivity contribution in [2.75, 3.05) is 33.2 Å². The van der Waals surface area contributed by atoms with Crippen LogP contribution in [0.1, 0.15) is 35.6 Å². The predicted octanol–water partition coefficient (Wildman–Crippen LogP) is 2.81. The van der Waals surface area contributed by atoms with Gasteiger partial charge in [0.1, 0.15) is 0 Å². The summed E-state index contributed by atoms with van der Waals surface area (Å²) in [7, 11) is 2.19. The fourth-order valence-corrected chi connectivity index (χ4v) is 4.64. The van der Waals surface area contributed by atoms with E-state index in [1.54, 1.807) is 0 Å². The molecule has 0 saturated carbocycles. The van der Waals surface area contributed by atoms with Crippen LogP contribution in [-0.4, -0.2) is 53.2 Å². The first-order chi connectivity index (χ1) is 11.3. The van der Waals surface area contributed by atoms with Gasteiger partial charge in [-0.1, -0.05) is 0 Å². The summed E-state index contributed by atoms with van der Waals surface area (Å²) in [4.78, 5) is 7.46. The van der Waals surface area contributed by atoms with Gasteiger partial charge < -0.3 is 9.32 Å². The minimum Gasteiger partial charge on any atom is -0.419 e. The van der Waals surface area contributed by atoms with Crippen LogP contribution in [0.5, 0.6) is 0 Å². The summed E-state index contributed by atoms with van der Waals surface area (Å²) in [5.74, 6) is 1.45. The van der Waals surface area contributed by atoms with Gasteiger partial charge in [0, 0.05) is 18.0 Å². The van der Waals surface area contributed by atoms with Gasteiger partial charge in [0.05, 0.1) is 11.4 Å². The number of nitrogens with zero attached hydrogens (tertiary/aromatic N) is 4. The summed E-state index contributed by atoms with van der Waals surface area (Å²) < 4.78 is 5.95. The summed E-state index contributed by atoms with van der Waals surface area (Å²) in [5.41, 5.74) is 1.49. The number of fused-ring (bicyclic) bond motifs is 1. The molecule has 1 aliphatic carbocycles. The van der Waals surface area contributed by atoms with Crippen LogP contribution in [0.15, 0.2) is 10.5 Å². The van der Waals surface area contributed by atoms with Gasteiger partial charge in [0.15, 0.2) is 0 Å². The minimum absolute atomic E-state index is 0.700. The topological polar surface area (TPSA) is 45.4 Å². The van der Waals surface area contributed by atoms with Gasteiger partial charge in [-0.2, -0.15) is 0 Å². The monoisotopic (exact) mass is 332 g/mol. The number of likely N-dealkylation sites (N-methyl/N-ethyl adjacent to an activating group) is 1. The second-order valence-corrected chi connectivity index (χ2v) is 7.84. The normalized spacial score (nSPS) is 20.4. The molecular weight excluding hydrogens is 308 g/mol. The molecule has 124 valence electrons. The van der Waals surface area contributed by atoms with Crippen LogP contribution in [0.4, 0.5) is 0 Å². The molecule has 1 saturated heterocycles. The molecule has 6 heteroatoms. The Morgan fingerprint density at radius 1 is 1.09 bits per heavy atom. The van der Waals surface area contributed by atoms with Crippen molar-refractivity contribution >= 4 is 11.3 Å². The van der Waals surface area contributed by atoms with Crippen LogP contribution in [0.25, 0.3) is 10.8 Å². The average molecular weight is 332 g/mol. The summed E-state index contributed by atoms with van der Waals surface area (Å²) >= 11 is 1.83. The molecule has 2 aromatic rings. The molecule has 0 atom stereocenters. The third-order valence-corrected chi connectivity index (χ3v) is 6.07. The van der Waals surface area contributed by atoms with Crippen molar-refractivity contribution in [2.45, 2.75) is 38.6 Å². The second kappa shape index (κ2) is 6.71. The molecule has 0 radical (unpaired) electrons. The van der Waals surface area contributed by atoms with Crippen LogP contribution in [0, 0.1) is 0 Å². The lowest BCUT2D eigenvalue weighted by Gasteiger charge is -2.17. The summed E-state index contributed by atoms with van der Waals surface area (Å²) in [6.45, 7) is 5.23. The van der Waals surface area contributed by atoms with Gasteiger partial charge in [-0.15, -0.1) is 21.5 Å². The van der Waals surface area contributed by atoms with E-state index in [-0.39, 0.29) is 0 Å². The highest BCUT2D eigenvalue weighted by Gasteiger charge is 2.19. The highest BCUT2D eigenvalue weighted by Crippen LogP contribution is 2.35. The standard InChI is InChI=1S/C17H24N4OS/c1-20-7-4-8-21(10-9-20)12-16-18-19-17(22-16)15-11-13-5-2-3-6-14(13)23-15/h11H,2-10,12H2,1H3. The molecule has 0 aromatic carbocycles. The third-order valence-electron chi connectivity index (χ3n) is 4.85. The molecule has 2 aromatic heterocycles. The van der Waals surface area contributed by atoms with Gasteiger partial charge in [0.2, 0.25) is 5.89 Å². The highest BCUT2D eigenvalue weighted by molar-refractivity contribution is 7.15. The van der Waals surface area contributed by atoms with Gasteiger partial charge >= 0.3 is 0 Å². The van der Waals surface area contributed by atoms with Crippen LogP contribution in [0.3, 0.4) is 0 Å². The number of hydrogen-bond acceptors (Lipinski definition) is 6. The molecule has 4 rings (SSSR count). The number of rotatable bonds is 3. The first-order valence-electron chi connectivity index (χ1n) is 8.63. The Morgan fingerprint density at radius 2 is 2.00 bits per heavy atom. The maximum Gasteiger partial charge on any atom is 0.257 e.